The fraction of sp³-hybridized carbons (Fsp3) is 0.600. The van der Waals surface area contributed by atoms with Gasteiger partial charge in [0.05, 0.1) is 0 Å². The van der Waals surface area contributed by atoms with Crippen LogP contribution >= 0.6 is 0 Å². The minimum absolute atomic E-state index is 0.245. The molecule has 0 amide bonds. The minimum Gasteiger partial charge on any atom is -0.330 e. The fourth-order valence-electron chi connectivity index (χ4n) is 2.43. The second kappa shape index (κ2) is 3.89. The molecule has 0 spiro atoms. The highest BCUT2D eigenvalue weighted by Gasteiger charge is 2.43. The van der Waals surface area contributed by atoms with E-state index in [1.165, 1.54) is 24.0 Å². The average molecular weight is 217 g/mol. The molecule has 1 nitrogen and oxygen atoms in total. The van der Waals surface area contributed by atoms with Crippen molar-refractivity contribution >= 4 is 0 Å². The maximum absolute atomic E-state index is 5.72. The van der Waals surface area contributed by atoms with Crippen LogP contribution in [0.4, 0.5) is 0 Å². The summed E-state index contributed by atoms with van der Waals surface area (Å²) < 4.78 is 0. The first-order valence-corrected chi connectivity index (χ1v) is 6.29. The van der Waals surface area contributed by atoms with Crippen LogP contribution in [0.3, 0.4) is 0 Å². The van der Waals surface area contributed by atoms with Crippen LogP contribution in [0.5, 0.6) is 0 Å². The van der Waals surface area contributed by atoms with Gasteiger partial charge in [-0.05, 0) is 47.8 Å². The molecule has 0 bridgehead atoms. The van der Waals surface area contributed by atoms with Gasteiger partial charge in [-0.15, -0.1) is 0 Å². The van der Waals surface area contributed by atoms with Crippen LogP contribution in [-0.4, -0.2) is 6.54 Å². The summed E-state index contributed by atoms with van der Waals surface area (Å²) >= 11 is 0. The van der Waals surface area contributed by atoms with Gasteiger partial charge in [-0.1, -0.05) is 45.0 Å². The van der Waals surface area contributed by atoms with Gasteiger partial charge in [0.15, 0.2) is 0 Å². The van der Waals surface area contributed by atoms with Crippen molar-refractivity contribution in [1.82, 2.24) is 0 Å². The zero-order chi connectivity index (χ0) is 11.8. The topological polar surface area (TPSA) is 26.0 Å². The fourth-order valence-corrected chi connectivity index (χ4v) is 2.43. The molecule has 2 rings (SSSR count). The zero-order valence-electron chi connectivity index (χ0n) is 10.7. The molecule has 88 valence electrons. The molecule has 0 radical (unpaired) electrons. The van der Waals surface area contributed by atoms with E-state index in [1.54, 1.807) is 0 Å². The van der Waals surface area contributed by atoms with Gasteiger partial charge in [-0.2, -0.15) is 0 Å². The number of rotatable bonds is 3. The van der Waals surface area contributed by atoms with Crippen LogP contribution in [0.1, 0.15) is 51.2 Å². The van der Waals surface area contributed by atoms with Gasteiger partial charge in [0, 0.05) is 0 Å². The molecule has 0 atom stereocenters. The third-order valence-corrected chi connectivity index (χ3v) is 3.82. The smallest absolute Gasteiger partial charge is 0.00343 e. The maximum atomic E-state index is 5.72. The summed E-state index contributed by atoms with van der Waals surface area (Å²) in [4.78, 5) is 0. The third kappa shape index (κ3) is 2.15. The predicted octanol–water partition coefficient (Wildman–Crippen LogP) is 3.36. The summed E-state index contributed by atoms with van der Waals surface area (Å²) in [5.74, 6) is 0. The lowest BCUT2D eigenvalue weighted by Gasteiger charge is -2.22. The molecule has 1 heteroatoms. The van der Waals surface area contributed by atoms with E-state index in [2.05, 4.69) is 45.0 Å². The largest absolute Gasteiger partial charge is 0.330 e. The number of nitrogens with two attached hydrogens (primary N) is 1. The average Bonchev–Trinajstić information content (AvgIpc) is 2.99. The molecule has 0 saturated heterocycles. The Hall–Kier alpha value is -0.820. The molecule has 1 fully saturated rings. The van der Waals surface area contributed by atoms with Crippen molar-refractivity contribution in [3.8, 4) is 0 Å². The third-order valence-electron chi connectivity index (χ3n) is 3.82. The number of hydrogen-bond acceptors (Lipinski definition) is 1. The van der Waals surface area contributed by atoms with Gasteiger partial charge >= 0.3 is 0 Å². The van der Waals surface area contributed by atoms with Crippen molar-refractivity contribution in [2.24, 2.45) is 5.73 Å². The molecule has 1 aliphatic carbocycles. The molecule has 0 unspecified atom stereocenters. The monoisotopic (exact) mass is 217 g/mol. The molecule has 0 aromatic heterocycles. The molecular weight excluding hydrogens is 194 g/mol. The van der Waals surface area contributed by atoms with Crippen LogP contribution in [0.25, 0.3) is 0 Å². The summed E-state index contributed by atoms with van der Waals surface area (Å²) in [6.45, 7) is 7.62. The van der Waals surface area contributed by atoms with Gasteiger partial charge < -0.3 is 5.73 Å². The normalized spacial score (nSPS) is 18.5. The number of benzene rings is 1. The molecule has 0 aliphatic heterocycles. The highest BCUT2D eigenvalue weighted by atomic mass is 14.6. The lowest BCUT2D eigenvalue weighted by molar-refractivity contribution is 0.582. The summed E-state index contributed by atoms with van der Waals surface area (Å²) in [6.07, 6.45) is 3.77. The molecule has 1 aromatic rings. The Kier molecular flexibility index (Phi) is 2.83. The van der Waals surface area contributed by atoms with Gasteiger partial charge in [-0.25, -0.2) is 0 Å². The van der Waals surface area contributed by atoms with Crippen molar-refractivity contribution in [1.29, 1.82) is 0 Å². The molecule has 0 heterocycles. The van der Waals surface area contributed by atoms with Gasteiger partial charge in [0.2, 0.25) is 0 Å². The van der Waals surface area contributed by atoms with Crippen molar-refractivity contribution in [2.75, 3.05) is 6.54 Å². The summed E-state index contributed by atoms with van der Waals surface area (Å²) in [5.41, 5.74) is 9.33. The van der Waals surface area contributed by atoms with E-state index in [1.807, 2.05) is 0 Å². The standard InChI is InChI=1S/C15H23N/c1-14(2,3)12-5-4-6-13(11-12)15(7-8-15)9-10-16/h4-6,11H,7-10,16H2,1-3H3. The number of hydrogen-bond donors (Lipinski definition) is 1. The summed E-state index contributed by atoms with van der Waals surface area (Å²) in [7, 11) is 0. The van der Waals surface area contributed by atoms with Crippen molar-refractivity contribution in [3.05, 3.63) is 35.4 Å². The molecule has 1 aliphatic rings. The summed E-state index contributed by atoms with van der Waals surface area (Å²) in [6, 6.07) is 9.11. The molecule has 1 aromatic carbocycles. The van der Waals surface area contributed by atoms with E-state index in [0.29, 0.717) is 5.41 Å². The second-order valence-corrected chi connectivity index (χ2v) is 6.15. The van der Waals surface area contributed by atoms with Gasteiger partial charge in [-0.3, -0.25) is 0 Å². The predicted molar refractivity (Wildman–Crippen MR) is 69.7 cm³/mol. The Morgan fingerprint density at radius 3 is 2.44 bits per heavy atom. The minimum atomic E-state index is 0.245. The first-order chi connectivity index (χ1) is 7.48. The van der Waals surface area contributed by atoms with Crippen molar-refractivity contribution < 1.29 is 0 Å². The Labute approximate surface area is 99.0 Å². The van der Waals surface area contributed by atoms with Gasteiger partial charge in [0.25, 0.3) is 0 Å². The lowest BCUT2D eigenvalue weighted by atomic mass is 9.83. The Balaban J connectivity index is 2.30. The van der Waals surface area contributed by atoms with Crippen molar-refractivity contribution in [2.45, 2.75) is 50.9 Å². The first-order valence-electron chi connectivity index (χ1n) is 6.29. The second-order valence-electron chi connectivity index (χ2n) is 6.15. The van der Waals surface area contributed by atoms with E-state index in [-0.39, 0.29) is 5.41 Å². The van der Waals surface area contributed by atoms with Crippen LogP contribution in [0.2, 0.25) is 0 Å². The van der Waals surface area contributed by atoms with Crippen LogP contribution in [-0.2, 0) is 10.8 Å². The molecular formula is C15H23N. The van der Waals surface area contributed by atoms with E-state index in [0.717, 1.165) is 13.0 Å². The van der Waals surface area contributed by atoms with Crippen molar-refractivity contribution in [3.63, 3.8) is 0 Å². The molecule has 2 N–H and O–H groups in total. The summed E-state index contributed by atoms with van der Waals surface area (Å²) in [5, 5.41) is 0. The molecule has 1 saturated carbocycles. The highest BCUT2D eigenvalue weighted by molar-refractivity contribution is 5.37. The Morgan fingerprint density at radius 1 is 1.25 bits per heavy atom. The lowest BCUT2D eigenvalue weighted by Crippen LogP contribution is -2.16. The van der Waals surface area contributed by atoms with E-state index < -0.39 is 0 Å². The van der Waals surface area contributed by atoms with Crippen LogP contribution < -0.4 is 5.73 Å². The van der Waals surface area contributed by atoms with Gasteiger partial charge in [0.1, 0.15) is 0 Å². The van der Waals surface area contributed by atoms with E-state index >= 15 is 0 Å². The Morgan fingerprint density at radius 2 is 1.94 bits per heavy atom. The molecule has 16 heavy (non-hydrogen) atoms. The quantitative estimate of drug-likeness (QED) is 0.825. The van der Waals surface area contributed by atoms with Crippen LogP contribution in [0, 0.1) is 0 Å². The SMILES string of the molecule is CC(C)(C)c1cccc(C2(CCN)CC2)c1. The highest BCUT2D eigenvalue weighted by Crippen LogP contribution is 2.51. The van der Waals surface area contributed by atoms with E-state index in [4.69, 9.17) is 5.73 Å². The maximum Gasteiger partial charge on any atom is -0.00343 e. The van der Waals surface area contributed by atoms with E-state index in [9.17, 15) is 0 Å². The zero-order valence-corrected chi connectivity index (χ0v) is 10.7. The first kappa shape index (κ1) is 11.7. The Bertz CT molecular complexity index is 369. The van der Waals surface area contributed by atoms with Crippen LogP contribution in [0.15, 0.2) is 24.3 Å².